The Kier molecular flexibility index (Phi) is 9.64. The van der Waals surface area contributed by atoms with Gasteiger partial charge in [0.05, 0.1) is 30.5 Å². The molecular weight excluding hydrogens is 592 g/mol. The summed E-state index contributed by atoms with van der Waals surface area (Å²) < 4.78 is 27.0. The van der Waals surface area contributed by atoms with Crippen LogP contribution >= 0.6 is 20.7 Å². The molecule has 0 aliphatic carbocycles. The number of hydrogen-bond donors (Lipinski definition) is 2. The third kappa shape index (κ3) is 6.63. The lowest BCUT2D eigenvalue weighted by molar-refractivity contribution is -0.144. The predicted molar refractivity (Wildman–Crippen MR) is 153 cm³/mol. The number of aryl methyl sites for hydroxylation is 1. The smallest absolute Gasteiger partial charge is 0.411 e. The minimum absolute atomic E-state index is 0.0365. The maximum atomic E-state index is 13.3. The number of fused-ring (bicyclic) bond motifs is 1. The number of benzene rings is 1. The van der Waals surface area contributed by atoms with E-state index in [1.165, 1.54) is 46.4 Å². The van der Waals surface area contributed by atoms with Crippen molar-refractivity contribution >= 4 is 44.2 Å². The van der Waals surface area contributed by atoms with Crippen molar-refractivity contribution in [3.63, 3.8) is 0 Å². The summed E-state index contributed by atoms with van der Waals surface area (Å²) in [6.45, 7) is 0.917. The second kappa shape index (κ2) is 13.4. The van der Waals surface area contributed by atoms with Crippen LogP contribution in [0.15, 0.2) is 43.7 Å². The molecule has 0 saturated heterocycles. The quantitative estimate of drug-likeness (QED) is 0.101. The summed E-state index contributed by atoms with van der Waals surface area (Å²) in [7, 11) is 5.68. The van der Waals surface area contributed by atoms with Crippen LogP contribution in [0.5, 0.6) is 17.2 Å². The number of esters is 1. The molecule has 2 aliphatic rings. The molecule has 0 unspecified atom stereocenters. The number of methoxy groups -OCH3 is 2. The van der Waals surface area contributed by atoms with Gasteiger partial charge in [-0.1, -0.05) is 20.7 Å². The Morgan fingerprint density at radius 3 is 2.52 bits per heavy atom. The van der Waals surface area contributed by atoms with Gasteiger partial charge >= 0.3 is 17.7 Å². The number of hydrogen-bond acceptors (Lipinski definition) is 13. The molecule has 0 bridgehead atoms. The summed E-state index contributed by atoms with van der Waals surface area (Å²) in [5.41, 5.74) is -0.810. The van der Waals surface area contributed by atoms with Gasteiger partial charge in [-0.3, -0.25) is 24.3 Å². The topological polar surface area (TPSA) is 173 Å². The van der Waals surface area contributed by atoms with Crippen molar-refractivity contribution in [2.24, 2.45) is 0 Å². The molecule has 4 rings (SSSR count). The van der Waals surface area contributed by atoms with E-state index in [9.17, 15) is 29.1 Å². The van der Waals surface area contributed by atoms with E-state index >= 15 is 0 Å². The van der Waals surface area contributed by atoms with Crippen LogP contribution in [-0.2, 0) is 14.3 Å². The number of carbonyl (C=O) groups is 3. The van der Waals surface area contributed by atoms with Gasteiger partial charge in [0.25, 0.3) is 5.56 Å². The molecule has 1 aromatic heterocycles. The highest BCUT2D eigenvalue weighted by atomic mass is 32.9. The molecule has 3 heterocycles. The van der Waals surface area contributed by atoms with E-state index in [1.807, 2.05) is 0 Å². The number of nitrogens with zero attached hydrogens (tertiary/aromatic N) is 1. The lowest BCUT2D eigenvalue weighted by atomic mass is 10.1. The molecule has 2 N–H and O–H groups in total. The number of aromatic nitrogens is 1. The summed E-state index contributed by atoms with van der Waals surface area (Å²) in [6, 6.07) is 6.17. The zero-order valence-electron chi connectivity index (χ0n) is 22.7. The Bertz CT molecular complexity index is 1700. The van der Waals surface area contributed by atoms with Gasteiger partial charge in [0.2, 0.25) is 0 Å². The van der Waals surface area contributed by atoms with Crippen LogP contribution in [0.4, 0.5) is 10.5 Å². The average Bonchev–Trinajstić information content (AvgIpc) is 3.51. The van der Waals surface area contributed by atoms with Crippen LogP contribution in [0.3, 0.4) is 0 Å². The van der Waals surface area contributed by atoms with Gasteiger partial charge in [-0.15, -0.1) is 0 Å². The van der Waals surface area contributed by atoms with Crippen molar-refractivity contribution in [2.45, 2.75) is 26.2 Å². The van der Waals surface area contributed by atoms with Crippen molar-refractivity contribution in [3.05, 3.63) is 61.7 Å². The summed E-state index contributed by atoms with van der Waals surface area (Å²) in [4.78, 5) is 62.3. The molecule has 0 atom stereocenters. The highest BCUT2D eigenvalue weighted by Crippen LogP contribution is 2.40. The number of aromatic hydroxyl groups is 1. The lowest BCUT2D eigenvalue weighted by Crippen LogP contribution is -2.23. The van der Waals surface area contributed by atoms with E-state index in [-0.39, 0.29) is 43.9 Å². The molecule has 0 spiro atoms. The molecule has 42 heavy (non-hydrogen) atoms. The molecule has 222 valence electrons. The number of rotatable bonds is 12. The first kappa shape index (κ1) is 30.3. The third-order valence-electron chi connectivity index (χ3n) is 5.96. The van der Waals surface area contributed by atoms with Gasteiger partial charge in [-0.25, -0.2) is 9.59 Å². The summed E-state index contributed by atoms with van der Waals surface area (Å²) in [5, 5.41) is 14.1. The van der Waals surface area contributed by atoms with Gasteiger partial charge in [0, 0.05) is 30.4 Å². The van der Waals surface area contributed by atoms with Gasteiger partial charge in [0.1, 0.15) is 47.5 Å². The average molecular weight is 619 g/mol. The Balaban J connectivity index is 1.27. The Morgan fingerprint density at radius 1 is 1.05 bits per heavy atom. The molecule has 1 aromatic carbocycles. The van der Waals surface area contributed by atoms with E-state index < -0.39 is 40.3 Å². The highest BCUT2D eigenvalue weighted by Gasteiger charge is 2.27. The largest absolute Gasteiger partial charge is 0.507 e. The van der Waals surface area contributed by atoms with Crippen LogP contribution in [-0.4, -0.2) is 55.0 Å². The van der Waals surface area contributed by atoms with Gasteiger partial charge in [-0.2, -0.15) is 0 Å². The van der Waals surface area contributed by atoms with E-state index in [1.54, 1.807) is 23.6 Å². The predicted octanol–water partition coefficient (Wildman–Crippen LogP) is 4.19. The Hall–Kier alpha value is -4.63. The van der Waals surface area contributed by atoms with Crippen LogP contribution in [0.1, 0.15) is 35.4 Å². The second-order valence-corrected chi connectivity index (χ2v) is 10.8. The molecule has 0 saturated carbocycles. The van der Waals surface area contributed by atoms with Gasteiger partial charge < -0.3 is 28.5 Å². The zero-order chi connectivity index (χ0) is 30.4. The first-order chi connectivity index (χ1) is 20.1. The first-order valence-electron chi connectivity index (χ1n) is 12.5. The van der Waals surface area contributed by atoms with Crippen molar-refractivity contribution in [3.8, 4) is 33.5 Å². The Morgan fingerprint density at radius 2 is 1.81 bits per heavy atom. The molecule has 0 radical (unpaired) electrons. The van der Waals surface area contributed by atoms with E-state index in [4.69, 9.17) is 23.4 Å². The van der Waals surface area contributed by atoms with Crippen LogP contribution in [0.25, 0.3) is 16.3 Å². The number of ketones is 1. The van der Waals surface area contributed by atoms with E-state index in [0.29, 0.717) is 27.8 Å². The molecule has 15 heteroatoms. The van der Waals surface area contributed by atoms with Gasteiger partial charge in [-0.05, 0) is 25.5 Å². The lowest BCUT2D eigenvalue weighted by Gasteiger charge is -2.11. The number of amides is 1. The Labute approximate surface area is 245 Å². The van der Waals surface area contributed by atoms with Crippen molar-refractivity contribution in [2.75, 3.05) is 32.8 Å². The molecule has 0 fully saturated rings. The standard InChI is InChI=1S/C27H26N2O11S2/c1-14-11-19(31)22(26(34)40-14)18(30)5-4-6-21(32)38-9-10-39-27(35)28-23-24-17(13-41-42-24)29(25(23)33)16-8-7-15(36-2)12-20(16)37-3/h7-8,11-13,31H,4-6,9-10H2,1-3H3,(H,28,35). The van der Waals surface area contributed by atoms with Crippen molar-refractivity contribution in [1.29, 1.82) is 0 Å². The van der Waals surface area contributed by atoms with E-state index in [0.717, 1.165) is 6.07 Å². The fraction of sp³-hybridized carbons (Fsp3) is 0.296. The normalized spacial score (nSPS) is 10.8. The molecule has 1 amide bonds. The fourth-order valence-electron chi connectivity index (χ4n) is 4.05. The molecule has 13 nitrogen and oxygen atoms in total. The third-order valence-corrected chi connectivity index (χ3v) is 8.03. The minimum atomic E-state index is -0.947. The minimum Gasteiger partial charge on any atom is -0.507 e. The summed E-state index contributed by atoms with van der Waals surface area (Å²) in [5.74, 6) is -0.678. The van der Waals surface area contributed by atoms with Gasteiger partial charge in [0.15, 0.2) is 5.78 Å². The zero-order valence-corrected chi connectivity index (χ0v) is 24.3. The number of Topliss-reactive ketones (excluding diaryl/α,β-unsaturated/α-hetero) is 1. The van der Waals surface area contributed by atoms with Crippen molar-refractivity contribution in [1.82, 2.24) is 4.57 Å². The number of carbonyl (C=O) groups excluding carboxylic acids is 3. The van der Waals surface area contributed by atoms with E-state index in [2.05, 4.69) is 5.32 Å². The SMILES string of the molecule is COc1ccc(-n2c3cssc-3c(NC(=O)OCCOC(=O)CCCC(=O)c3c(O)cc(C)oc3=O)c2=O)c(OC)c1. The van der Waals surface area contributed by atoms with Crippen LogP contribution < -0.4 is 26.0 Å². The highest BCUT2D eigenvalue weighted by molar-refractivity contribution is 7.70. The molecule has 2 aliphatic heterocycles. The first-order valence-corrected chi connectivity index (χ1v) is 14.7. The second-order valence-electron chi connectivity index (χ2n) is 8.73. The number of nitrogens with one attached hydrogen (secondary N) is 1. The van der Waals surface area contributed by atoms with Crippen molar-refractivity contribution < 1.29 is 42.9 Å². The number of anilines is 1. The van der Waals surface area contributed by atoms with Crippen LogP contribution in [0.2, 0.25) is 0 Å². The fourth-order valence-corrected chi connectivity index (χ4v) is 6.25. The molecular formula is C27H26N2O11S2. The van der Waals surface area contributed by atoms with Crippen LogP contribution in [0, 0.1) is 6.92 Å². The summed E-state index contributed by atoms with van der Waals surface area (Å²) in [6.07, 6.45) is -1.18. The maximum Gasteiger partial charge on any atom is 0.411 e. The maximum absolute atomic E-state index is 13.3. The number of ether oxygens (including phenoxy) is 4. The molecule has 2 aromatic rings. The monoisotopic (exact) mass is 618 g/mol. The summed E-state index contributed by atoms with van der Waals surface area (Å²) >= 11 is 0.